The molecule has 0 aliphatic heterocycles. The van der Waals surface area contributed by atoms with Gasteiger partial charge in [-0.3, -0.25) is 0 Å². The highest BCUT2D eigenvalue weighted by atomic mass is 32.2. The number of benzene rings is 2. The molecule has 2 rings (SSSR count). The summed E-state index contributed by atoms with van der Waals surface area (Å²) in [4.78, 5) is 0. The van der Waals surface area contributed by atoms with Crippen LogP contribution in [0.4, 0.5) is 13.2 Å². The van der Waals surface area contributed by atoms with Gasteiger partial charge in [-0.15, -0.1) is 0 Å². The molecule has 0 atom stereocenters. The van der Waals surface area contributed by atoms with Crippen LogP contribution in [0.25, 0.3) is 11.1 Å². The molecular formula is C17H17F3O7S. The highest BCUT2D eigenvalue weighted by Gasteiger charge is 2.48. The Kier molecular flexibility index (Phi) is 7.11. The molecule has 0 fully saturated rings. The first-order valence-corrected chi connectivity index (χ1v) is 9.07. The van der Waals surface area contributed by atoms with Crippen molar-refractivity contribution in [2.24, 2.45) is 0 Å². The Morgan fingerprint density at radius 1 is 0.857 bits per heavy atom. The summed E-state index contributed by atoms with van der Waals surface area (Å²) in [6.07, 6.45) is 0. The topological polar surface area (TPSA) is 80.3 Å². The molecule has 0 saturated heterocycles. The first kappa shape index (κ1) is 21.8. The predicted molar refractivity (Wildman–Crippen MR) is 92.5 cm³/mol. The summed E-state index contributed by atoms with van der Waals surface area (Å²) < 4.78 is 84.6. The third-order valence-electron chi connectivity index (χ3n) is 3.28. The van der Waals surface area contributed by atoms with Crippen LogP contribution < -0.4 is 13.7 Å². The number of rotatable bonds is 9. The van der Waals surface area contributed by atoms with Crippen LogP contribution in [0.5, 0.6) is 17.2 Å². The summed E-state index contributed by atoms with van der Waals surface area (Å²) in [5.74, 6) is 0.234. The Labute approximate surface area is 159 Å². The smallest absolute Gasteiger partial charge is 0.468 e. The number of halogens is 3. The molecule has 11 heteroatoms. The van der Waals surface area contributed by atoms with Gasteiger partial charge in [0.1, 0.15) is 17.2 Å². The van der Waals surface area contributed by atoms with E-state index in [-0.39, 0.29) is 19.3 Å². The summed E-state index contributed by atoms with van der Waals surface area (Å²) in [5, 5.41) is 0. The molecule has 2 aromatic rings. The van der Waals surface area contributed by atoms with Gasteiger partial charge in [0.25, 0.3) is 0 Å². The average Bonchev–Trinajstić information content (AvgIpc) is 2.64. The Morgan fingerprint density at radius 3 is 2.00 bits per heavy atom. The van der Waals surface area contributed by atoms with Gasteiger partial charge in [-0.05, 0) is 35.9 Å². The van der Waals surface area contributed by atoms with Gasteiger partial charge >= 0.3 is 15.6 Å². The van der Waals surface area contributed by atoms with E-state index in [4.69, 9.17) is 18.9 Å². The molecule has 0 saturated carbocycles. The molecule has 0 bridgehead atoms. The molecule has 0 spiro atoms. The van der Waals surface area contributed by atoms with Gasteiger partial charge in [0.05, 0.1) is 0 Å². The third kappa shape index (κ3) is 5.50. The summed E-state index contributed by atoms with van der Waals surface area (Å²) in [6.45, 7) is -0.0801. The largest absolute Gasteiger partial charge is 0.534 e. The number of alkyl halides is 3. The fourth-order valence-corrected chi connectivity index (χ4v) is 2.52. The van der Waals surface area contributed by atoms with Crippen LogP contribution in [0.15, 0.2) is 42.5 Å². The number of hydrogen-bond donors (Lipinski definition) is 0. The Hall–Kier alpha value is -2.50. The van der Waals surface area contributed by atoms with E-state index in [1.807, 2.05) is 0 Å². The van der Waals surface area contributed by atoms with Crippen molar-refractivity contribution in [2.75, 3.05) is 27.8 Å². The van der Waals surface area contributed by atoms with Crippen LogP contribution in [0.2, 0.25) is 0 Å². The first-order valence-electron chi connectivity index (χ1n) is 7.66. The first-order chi connectivity index (χ1) is 13.2. The standard InChI is InChI=1S/C17H17F3O7S/c1-23-10-25-13-5-3-12(4-6-13)15-9-14(7-8-16(15)26-11-24-2)27-28(21,22)17(18,19)20/h3-9H,10-11H2,1-2H3. The third-order valence-corrected chi connectivity index (χ3v) is 4.26. The van der Waals surface area contributed by atoms with Crippen LogP contribution in [-0.2, 0) is 19.6 Å². The van der Waals surface area contributed by atoms with Gasteiger partial charge in [0.2, 0.25) is 0 Å². The van der Waals surface area contributed by atoms with E-state index in [1.165, 1.54) is 20.3 Å². The van der Waals surface area contributed by atoms with Gasteiger partial charge in [0.15, 0.2) is 13.6 Å². The lowest BCUT2D eigenvalue weighted by molar-refractivity contribution is -0.0500. The minimum Gasteiger partial charge on any atom is -0.468 e. The quantitative estimate of drug-likeness (QED) is 0.347. The maximum absolute atomic E-state index is 12.6. The van der Waals surface area contributed by atoms with Gasteiger partial charge in [-0.1, -0.05) is 12.1 Å². The highest BCUT2D eigenvalue weighted by Crippen LogP contribution is 2.36. The highest BCUT2D eigenvalue weighted by molar-refractivity contribution is 7.88. The Morgan fingerprint density at radius 2 is 1.43 bits per heavy atom. The average molecular weight is 422 g/mol. The van der Waals surface area contributed by atoms with Crippen LogP contribution in [-0.4, -0.2) is 41.7 Å². The molecule has 0 N–H and O–H groups in total. The van der Waals surface area contributed by atoms with Gasteiger partial charge in [0, 0.05) is 19.8 Å². The van der Waals surface area contributed by atoms with E-state index in [0.717, 1.165) is 12.1 Å². The van der Waals surface area contributed by atoms with E-state index in [9.17, 15) is 21.6 Å². The molecule has 0 aliphatic carbocycles. The summed E-state index contributed by atoms with van der Waals surface area (Å²) in [5.41, 5.74) is -4.73. The summed E-state index contributed by atoms with van der Waals surface area (Å²) >= 11 is 0. The van der Waals surface area contributed by atoms with Crippen LogP contribution in [0, 0.1) is 0 Å². The second-order valence-electron chi connectivity index (χ2n) is 5.27. The Balaban J connectivity index is 2.39. The van der Waals surface area contributed by atoms with Crippen molar-refractivity contribution in [3.05, 3.63) is 42.5 Å². The molecule has 0 aromatic heterocycles. The van der Waals surface area contributed by atoms with Crippen molar-refractivity contribution in [3.8, 4) is 28.4 Å². The second-order valence-corrected chi connectivity index (χ2v) is 6.81. The number of ether oxygens (including phenoxy) is 4. The zero-order chi connectivity index (χ0) is 20.8. The molecule has 28 heavy (non-hydrogen) atoms. The molecule has 0 unspecified atom stereocenters. The summed E-state index contributed by atoms with van der Waals surface area (Å²) in [7, 11) is -2.93. The van der Waals surface area contributed by atoms with Crippen LogP contribution >= 0.6 is 0 Å². The Bertz CT molecular complexity index is 881. The lowest BCUT2D eigenvalue weighted by atomic mass is 10.0. The molecule has 0 amide bonds. The number of methoxy groups -OCH3 is 2. The van der Waals surface area contributed by atoms with Crippen LogP contribution in [0.1, 0.15) is 0 Å². The zero-order valence-electron chi connectivity index (χ0n) is 14.9. The van der Waals surface area contributed by atoms with Crippen LogP contribution in [0.3, 0.4) is 0 Å². The lowest BCUT2D eigenvalue weighted by Crippen LogP contribution is -2.28. The van der Waals surface area contributed by atoms with E-state index in [2.05, 4.69) is 4.18 Å². The van der Waals surface area contributed by atoms with Gasteiger partial charge in [-0.25, -0.2) is 0 Å². The van der Waals surface area contributed by atoms with E-state index in [1.54, 1.807) is 24.3 Å². The maximum atomic E-state index is 12.6. The van der Waals surface area contributed by atoms with Crippen molar-refractivity contribution in [1.82, 2.24) is 0 Å². The molecule has 0 radical (unpaired) electrons. The van der Waals surface area contributed by atoms with Crippen molar-refractivity contribution in [1.29, 1.82) is 0 Å². The second kappa shape index (κ2) is 9.13. The normalized spacial score (nSPS) is 11.9. The molecule has 0 heterocycles. The maximum Gasteiger partial charge on any atom is 0.534 e. The molecule has 7 nitrogen and oxygen atoms in total. The fraction of sp³-hybridized carbons (Fsp3) is 0.294. The molecule has 2 aromatic carbocycles. The van der Waals surface area contributed by atoms with E-state index in [0.29, 0.717) is 16.9 Å². The minimum absolute atomic E-state index is 0.0418. The SMILES string of the molecule is COCOc1ccc(-c2cc(OS(=O)(=O)C(F)(F)F)ccc2OCOC)cc1. The van der Waals surface area contributed by atoms with E-state index < -0.39 is 21.4 Å². The van der Waals surface area contributed by atoms with E-state index >= 15 is 0 Å². The zero-order valence-corrected chi connectivity index (χ0v) is 15.7. The van der Waals surface area contributed by atoms with Crippen molar-refractivity contribution >= 4 is 10.1 Å². The molecular weight excluding hydrogens is 405 g/mol. The molecule has 0 aliphatic rings. The number of hydrogen-bond acceptors (Lipinski definition) is 7. The lowest BCUT2D eigenvalue weighted by Gasteiger charge is -2.14. The van der Waals surface area contributed by atoms with Gasteiger partial charge in [-0.2, -0.15) is 21.6 Å². The van der Waals surface area contributed by atoms with Crippen molar-refractivity contribution in [2.45, 2.75) is 5.51 Å². The van der Waals surface area contributed by atoms with Crippen molar-refractivity contribution in [3.63, 3.8) is 0 Å². The van der Waals surface area contributed by atoms with Crippen molar-refractivity contribution < 1.29 is 44.7 Å². The fourth-order valence-electron chi connectivity index (χ4n) is 2.07. The monoisotopic (exact) mass is 422 g/mol. The minimum atomic E-state index is -5.80. The predicted octanol–water partition coefficient (Wildman–Crippen LogP) is 3.55. The molecule has 154 valence electrons. The summed E-state index contributed by atoms with van der Waals surface area (Å²) in [6, 6.07) is 9.89. The van der Waals surface area contributed by atoms with Gasteiger partial charge < -0.3 is 23.1 Å².